The Morgan fingerprint density at radius 2 is 1.33 bits per heavy atom. The van der Waals surface area contributed by atoms with E-state index in [1.165, 1.54) is 0 Å². The van der Waals surface area contributed by atoms with Crippen LogP contribution in [0.3, 0.4) is 0 Å². The van der Waals surface area contributed by atoms with Gasteiger partial charge in [0.15, 0.2) is 0 Å². The molecule has 0 aliphatic heterocycles. The van der Waals surface area contributed by atoms with Crippen molar-refractivity contribution in [2.75, 3.05) is 0 Å². The molecule has 34 valence electrons. The minimum absolute atomic E-state index is 0.581. The van der Waals surface area contributed by atoms with E-state index in [4.69, 9.17) is 0 Å². The average Bonchev–Trinajstić information content (AvgIpc) is 1.61. The van der Waals surface area contributed by atoms with Gasteiger partial charge in [-0.1, -0.05) is 44.0 Å². The first-order valence-electron chi connectivity index (χ1n) is 1.77. The Bertz CT molecular complexity index is 67.6. The molecular weight excluding hydrogens is 208 g/mol. The number of halogens is 2. The van der Waals surface area contributed by atoms with E-state index in [2.05, 4.69) is 44.0 Å². The smallest absolute Gasteiger partial charge is 0.0486 e. The molecule has 0 bridgehead atoms. The fourth-order valence-corrected chi connectivity index (χ4v) is 0.984. The van der Waals surface area contributed by atoms with Gasteiger partial charge in [-0.15, -0.1) is 0 Å². The van der Waals surface area contributed by atoms with Crippen LogP contribution >= 0.6 is 31.9 Å². The van der Waals surface area contributed by atoms with Crippen LogP contribution in [0.1, 0.15) is 0 Å². The highest BCUT2D eigenvalue weighted by Gasteiger charge is 2.16. The summed E-state index contributed by atoms with van der Waals surface area (Å²) in [5.74, 6) is 0. The molecule has 1 aliphatic carbocycles. The molecule has 0 unspecified atom stereocenters. The van der Waals surface area contributed by atoms with E-state index in [0.29, 0.717) is 9.65 Å². The average molecular weight is 212 g/mol. The minimum Gasteiger partial charge on any atom is -0.0830 e. The maximum Gasteiger partial charge on any atom is 0.0486 e. The van der Waals surface area contributed by atoms with Gasteiger partial charge in [0.2, 0.25) is 0 Å². The maximum atomic E-state index is 3.39. The number of alkyl halides is 2. The van der Waals surface area contributed by atoms with Gasteiger partial charge in [0, 0.05) is 9.65 Å². The van der Waals surface area contributed by atoms with Gasteiger partial charge in [-0.25, -0.2) is 0 Å². The third kappa shape index (κ3) is 0.684. The molecule has 2 atom stereocenters. The summed E-state index contributed by atoms with van der Waals surface area (Å²) in [4.78, 5) is 1.16. The lowest BCUT2D eigenvalue weighted by molar-refractivity contribution is 1.04. The Labute approximate surface area is 53.9 Å². The zero-order valence-electron chi connectivity index (χ0n) is 3.07. The Morgan fingerprint density at radius 3 is 1.33 bits per heavy atom. The van der Waals surface area contributed by atoms with Gasteiger partial charge in [0.25, 0.3) is 0 Å². The van der Waals surface area contributed by atoms with Crippen molar-refractivity contribution in [1.82, 2.24) is 0 Å². The van der Waals surface area contributed by atoms with E-state index in [0.717, 1.165) is 0 Å². The van der Waals surface area contributed by atoms with Gasteiger partial charge in [0.05, 0.1) is 0 Å². The molecule has 0 N–H and O–H groups in total. The molecule has 1 rings (SSSR count). The summed E-state index contributed by atoms with van der Waals surface area (Å²) < 4.78 is 0. The van der Waals surface area contributed by atoms with Crippen molar-refractivity contribution < 1.29 is 0 Å². The molecular formula is C4H4Br2. The Kier molecular flexibility index (Phi) is 1.34. The molecule has 1 aliphatic rings. The molecule has 0 saturated heterocycles. The monoisotopic (exact) mass is 210 g/mol. The zero-order valence-corrected chi connectivity index (χ0v) is 6.24. The molecule has 0 aromatic carbocycles. The summed E-state index contributed by atoms with van der Waals surface area (Å²) in [7, 11) is 0. The predicted octanol–water partition coefficient (Wildman–Crippen LogP) is 2.08. The second kappa shape index (κ2) is 1.66. The highest BCUT2D eigenvalue weighted by molar-refractivity contribution is 9.12. The van der Waals surface area contributed by atoms with Crippen molar-refractivity contribution in [3.8, 4) is 0 Å². The van der Waals surface area contributed by atoms with E-state index < -0.39 is 0 Å². The van der Waals surface area contributed by atoms with Gasteiger partial charge in [-0.05, 0) is 0 Å². The molecule has 0 spiro atoms. The lowest BCUT2D eigenvalue weighted by Crippen LogP contribution is -2.16. The van der Waals surface area contributed by atoms with Crippen LogP contribution in [0.2, 0.25) is 0 Å². The molecule has 2 heteroatoms. The summed E-state index contributed by atoms with van der Waals surface area (Å²) in [5.41, 5.74) is 0. The first kappa shape index (κ1) is 4.85. The van der Waals surface area contributed by atoms with Gasteiger partial charge < -0.3 is 0 Å². The fraction of sp³-hybridized carbons (Fsp3) is 0.500. The first-order valence-corrected chi connectivity index (χ1v) is 3.60. The first-order chi connectivity index (χ1) is 2.80. The van der Waals surface area contributed by atoms with E-state index >= 15 is 0 Å². The van der Waals surface area contributed by atoms with Gasteiger partial charge in [-0.3, -0.25) is 0 Å². The lowest BCUT2D eigenvalue weighted by atomic mass is 10.1. The van der Waals surface area contributed by atoms with E-state index in [-0.39, 0.29) is 0 Å². The van der Waals surface area contributed by atoms with Gasteiger partial charge in [-0.2, -0.15) is 0 Å². The largest absolute Gasteiger partial charge is 0.0830 e. The summed E-state index contributed by atoms with van der Waals surface area (Å²) in [6, 6.07) is 0. The number of rotatable bonds is 0. The Hall–Kier alpha value is 0.700. The van der Waals surface area contributed by atoms with Crippen LogP contribution in [-0.4, -0.2) is 9.65 Å². The van der Waals surface area contributed by atoms with Crippen molar-refractivity contribution in [2.24, 2.45) is 0 Å². The standard InChI is InChI=1S/C4H4Br2/c5-3-1-2-4(3)6/h1-4H/t3-,4-/m1/s1. The Morgan fingerprint density at radius 1 is 1.00 bits per heavy atom. The number of hydrogen-bond acceptors (Lipinski definition) is 0. The minimum atomic E-state index is 0.581. The summed E-state index contributed by atoms with van der Waals surface area (Å²) in [5, 5.41) is 0. The fourth-order valence-electron chi connectivity index (χ4n) is 0.279. The molecule has 6 heavy (non-hydrogen) atoms. The van der Waals surface area contributed by atoms with E-state index in [1.807, 2.05) is 0 Å². The van der Waals surface area contributed by atoms with Crippen LogP contribution in [0.5, 0.6) is 0 Å². The molecule has 0 aromatic rings. The van der Waals surface area contributed by atoms with Crippen LogP contribution in [0, 0.1) is 0 Å². The SMILES string of the molecule is Br[C@@H]1C=C[C@H]1Br. The summed E-state index contributed by atoms with van der Waals surface area (Å²) in [6.07, 6.45) is 4.22. The Balaban J connectivity index is 2.45. The van der Waals surface area contributed by atoms with Crippen molar-refractivity contribution in [1.29, 1.82) is 0 Å². The highest BCUT2D eigenvalue weighted by atomic mass is 79.9. The van der Waals surface area contributed by atoms with Crippen LogP contribution in [0.4, 0.5) is 0 Å². The summed E-state index contributed by atoms with van der Waals surface area (Å²) >= 11 is 6.78. The van der Waals surface area contributed by atoms with Crippen LogP contribution in [0.25, 0.3) is 0 Å². The third-order valence-electron chi connectivity index (χ3n) is 0.783. The normalized spacial score (nSPS) is 42.3. The second-order valence-corrected chi connectivity index (χ2v) is 3.39. The summed E-state index contributed by atoms with van der Waals surface area (Å²) in [6.45, 7) is 0. The van der Waals surface area contributed by atoms with Gasteiger partial charge in [0.1, 0.15) is 0 Å². The lowest BCUT2D eigenvalue weighted by Gasteiger charge is -2.16. The van der Waals surface area contributed by atoms with E-state index in [1.54, 1.807) is 0 Å². The zero-order chi connectivity index (χ0) is 4.57. The molecule has 0 amide bonds. The third-order valence-corrected chi connectivity index (χ3v) is 3.24. The van der Waals surface area contributed by atoms with Crippen molar-refractivity contribution in [2.45, 2.75) is 9.65 Å². The number of hydrogen-bond donors (Lipinski definition) is 0. The van der Waals surface area contributed by atoms with Crippen molar-refractivity contribution in [3.63, 3.8) is 0 Å². The predicted molar refractivity (Wildman–Crippen MR) is 34.6 cm³/mol. The van der Waals surface area contributed by atoms with Crippen molar-refractivity contribution in [3.05, 3.63) is 12.2 Å². The van der Waals surface area contributed by atoms with Crippen molar-refractivity contribution >= 4 is 31.9 Å². The molecule has 0 heterocycles. The molecule has 0 saturated carbocycles. The topological polar surface area (TPSA) is 0 Å². The van der Waals surface area contributed by atoms with Crippen LogP contribution < -0.4 is 0 Å². The van der Waals surface area contributed by atoms with Crippen LogP contribution in [0.15, 0.2) is 12.2 Å². The highest BCUT2D eigenvalue weighted by Crippen LogP contribution is 2.24. The second-order valence-electron chi connectivity index (χ2n) is 1.27. The van der Waals surface area contributed by atoms with Gasteiger partial charge >= 0.3 is 0 Å². The van der Waals surface area contributed by atoms with E-state index in [9.17, 15) is 0 Å². The molecule has 0 aromatic heterocycles. The van der Waals surface area contributed by atoms with Crippen LogP contribution in [-0.2, 0) is 0 Å². The molecule has 0 fully saturated rings. The number of allylic oxidation sites excluding steroid dienone is 2. The quantitative estimate of drug-likeness (QED) is 0.425. The molecule has 0 radical (unpaired) electrons. The molecule has 0 nitrogen and oxygen atoms in total. The maximum absolute atomic E-state index is 3.39.